The zero-order valence-electron chi connectivity index (χ0n) is 12.6. The molecule has 0 aliphatic rings. The number of thiophene rings is 1. The number of amides is 1. The molecular formula is C14H14LiNO3S. The van der Waals surface area contributed by atoms with E-state index >= 15 is 0 Å². The van der Waals surface area contributed by atoms with Gasteiger partial charge in [0.05, 0.1) is 0 Å². The van der Waals surface area contributed by atoms with Crippen LogP contribution in [0.15, 0.2) is 36.4 Å². The molecule has 0 aliphatic heterocycles. The van der Waals surface area contributed by atoms with Gasteiger partial charge in [-0.15, -0.1) is 11.3 Å². The zero-order valence-corrected chi connectivity index (χ0v) is 12.4. The first-order valence-corrected chi connectivity index (χ1v) is 6.46. The predicted molar refractivity (Wildman–Crippen MR) is 75.8 cm³/mol. The number of rotatable bonds is 3. The average Bonchev–Trinajstić information content (AvgIpc) is 2.87. The quantitative estimate of drug-likeness (QED) is 0.802. The molecule has 100 valence electrons. The maximum atomic E-state index is 11.7. The van der Waals surface area contributed by atoms with E-state index in [0.717, 1.165) is 10.4 Å². The van der Waals surface area contributed by atoms with Crippen LogP contribution < -0.4 is 18.9 Å². The van der Waals surface area contributed by atoms with E-state index in [9.17, 15) is 9.59 Å². The first-order chi connectivity index (χ1) is 8.99. The van der Waals surface area contributed by atoms with Gasteiger partial charge in [-0.05, 0) is 29.8 Å². The minimum atomic E-state index is -0.921. The Labute approximate surface area is 134 Å². The molecule has 6 heteroatoms. The standard InChI is InChI=1S/C14H13NO3S.Li.H/c1-15(2)13(16)10-5-3-9(4-6-10)11-7-8-12(19-11)14(17)18;;/h3-8H,1-2H3,(H,17,18);;/q;+1;-1. The Kier molecular flexibility index (Phi) is 5.58. The second-order valence-electron chi connectivity index (χ2n) is 4.25. The summed E-state index contributed by atoms with van der Waals surface area (Å²) in [5, 5.41) is 8.88. The van der Waals surface area contributed by atoms with E-state index in [4.69, 9.17) is 5.11 Å². The largest absolute Gasteiger partial charge is 1.00 e. The van der Waals surface area contributed by atoms with Crippen LogP contribution in [0.5, 0.6) is 0 Å². The first-order valence-electron chi connectivity index (χ1n) is 5.64. The number of carboxylic acid groups (broad SMARTS) is 1. The Morgan fingerprint density at radius 1 is 1.10 bits per heavy atom. The summed E-state index contributed by atoms with van der Waals surface area (Å²) in [6.07, 6.45) is 0. The van der Waals surface area contributed by atoms with Crippen LogP contribution in [0.25, 0.3) is 10.4 Å². The number of carboxylic acids is 1. The number of nitrogens with zero attached hydrogens (tertiary/aromatic N) is 1. The second-order valence-corrected chi connectivity index (χ2v) is 5.33. The Hall–Kier alpha value is -1.54. The zero-order chi connectivity index (χ0) is 14.0. The summed E-state index contributed by atoms with van der Waals surface area (Å²) in [7, 11) is 3.41. The van der Waals surface area contributed by atoms with Crippen LogP contribution in [0, 0.1) is 0 Å². The van der Waals surface area contributed by atoms with E-state index in [2.05, 4.69) is 0 Å². The minimum Gasteiger partial charge on any atom is -1.00 e. The van der Waals surface area contributed by atoms with Crippen molar-refractivity contribution in [1.82, 2.24) is 4.90 Å². The SMILES string of the molecule is CN(C)C(=O)c1ccc(-c2ccc(C(=O)O)s2)cc1.[H-].[Li+]. The molecule has 0 atom stereocenters. The summed E-state index contributed by atoms with van der Waals surface area (Å²) in [5.74, 6) is -0.973. The van der Waals surface area contributed by atoms with Crippen molar-refractivity contribution in [2.24, 2.45) is 0 Å². The molecule has 20 heavy (non-hydrogen) atoms. The van der Waals surface area contributed by atoms with Crippen molar-refractivity contribution < 1.29 is 35.0 Å². The molecule has 0 saturated heterocycles. The van der Waals surface area contributed by atoms with Gasteiger partial charge >= 0.3 is 24.8 Å². The van der Waals surface area contributed by atoms with Gasteiger partial charge in [-0.2, -0.15) is 0 Å². The van der Waals surface area contributed by atoms with Crippen molar-refractivity contribution in [3.63, 3.8) is 0 Å². The first kappa shape index (κ1) is 16.5. The number of benzene rings is 1. The van der Waals surface area contributed by atoms with Crippen molar-refractivity contribution in [2.75, 3.05) is 14.1 Å². The van der Waals surface area contributed by atoms with Crippen LogP contribution in [0.2, 0.25) is 0 Å². The summed E-state index contributed by atoms with van der Waals surface area (Å²) in [5.41, 5.74) is 1.52. The number of aromatic carboxylic acids is 1. The van der Waals surface area contributed by atoms with Gasteiger partial charge in [0.2, 0.25) is 0 Å². The molecule has 0 unspecified atom stereocenters. The van der Waals surface area contributed by atoms with E-state index in [1.165, 1.54) is 16.2 Å². The van der Waals surface area contributed by atoms with Gasteiger partial charge in [0.15, 0.2) is 0 Å². The summed E-state index contributed by atoms with van der Waals surface area (Å²) in [6.45, 7) is 0. The molecule has 1 heterocycles. The molecule has 1 N–H and O–H groups in total. The van der Waals surface area contributed by atoms with Crippen LogP contribution in [-0.4, -0.2) is 36.0 Å². The molecule has 2 aromatic rings. The van der Waals surface area contributed by atoms with Gasteiger partial charge in [0.25, 0.3) is 5.91 Å². The molecule has 0 radical (unpaired) electrons. The summed E-state index contributed by atoms with van der Waals surface area (Å²) < 4.78 is 0. The van der Waals surface area contributed by atoms with Crippen molar-refractivity contribution in [1.29, 1.82) is 0 Å². The third-order valence-corrected chi connectivity index (χ3v) is 3.76. The van der Waals surface area contributed by atoms with Crippen molar-refractivity contribution >= 4 is 23.2 Å². The number of carbonyl (C=O) groups excluding carboxylic acids is 1. The molecular weight excluding hydrogens is 269 g/mol. The molecule has 1 aromatic heterocycles. The van der Waals surface area contributed by atoms with Crippen LogP contribution >= 0.6 is 11.3 Å². The predicted octanol–water partition coefficient (Wildman–Crippen LogP) is -0.0684. The summed E-state index contributed by atoms with van der Waals surface area (Å²) >= 11 is 1.22. The monoisotopic (exact) mass is 283 g/mol. The summed E-state index contributed by atoms with van der Waals surface area (Å²) in [6, 6.07) is 10.5. The molecule has 4 nitrogen and oxygen atoms in total. The molecule has 0 aliphatic carbocycles. The number of hydrogen-bond acceptors (Lipinski definition) is 3. The molecule has 0 bridgehead atoms. The van der Waals surface area contributed by atoms with Crippen LogP contribution in [-0.2, 0) is 0 Å². The normalized spacial score (nSPS) is 9.70. The van der Waals surface area contributed by atoms with Crippen molar-refractivity contribution in [3.05, 3.63) is 46.8 Å². The Morgan fingerprint density at radius 2 is 1.70 bits per heavy atom. The van der Waals surface area contributed by atoms with Gasteiger partial charge in [-0.3, -0.25) is 4.79 Å². The number of hydrogen-bond donors (Lipinski definition) is 1. The average molecular weight is 283 g/mol. The van der Waals surface area contributed by atoms with Gasteiger partial charge in [-0.1, -0.05) is 12.1 Å². The Morgan fingerprint density at radius 3 is 2.15 bits per heavy atom. The Bertz CT molecular complexity index is 625. The van der Waals surface area contributed by atoms with Gasteiger partial charge < -0.3 is 11.4 Å². The molecule has 0 spiro atoms. The van der Waals surface area contributed by atoms with Crippen molar-refractivity contribution in [2.45, 2.75) is 0 Å². The molecule has 0 saturated carbocycles. The Balaban J connectivity index is 0.00000200. The fourth-order valence-corrected chi connectivity index (χ4v) is 2.49. The summed E-state index contributed by atoms with van der Waals surface area (Å²) in [4.78, 5) is 25.3. The molecule has 2 rings (SSSR count). The van der Waals surface area contributed by atoms with E-state index in [1.54, 1.807) is 38.4 Å². The third kappa shape index (κ3) is 3.51. The van der Waals surface area contributed by atoms with Gasteiger partial charge in [0, 0.05) is 24.5 Å². The minimum absolute atomic E-state index is 0. The molecule has 0 fully saturated rings. The maximum absolute atomic E-state index is 11.7. The molecule has 1 amide bonds. The maximum Gasteiger partial charge on any atom is 1.00 e. The van der Waals surface area contributed by atoms with E-state index < -0.39 is 5.97 Å². The number of carbonyl (C=O) groups is 2. The van der Waals surface area contributed by atoms with E-state index in [1.807, 2.05) is 12.1 Å². The third-order valence-electron chi connectivity index (χ3n) is 2.64. The van der Waals surface area contributed by atoms with Crippen LogP contribution in [0.1, 0.15) is 21.5 Å². The van der Waals surface area contributed by atoms with Crippen LogP contribution in [0.3, 0.4) is 0 Å². The van der Waals surface area contributed by atoms with E-state index in [-0.39, 0.29) is 26.2 Å². The van der Waals surface area contributed by atoms with Gasteiger partial charge in [0.1, 0.15) is 4.88 Å². The van der Waals surface area contributed by atoms with Crippen LogP contribution in [0.4, 0.5) is 0 Å². The van der Waals surface area contributed by atoms with E-state index in [0.29, 0.717) is 10.4 Å². The molecule has 1 aromatic carbocycles. The second kappa shape index (κ2) is 6.75. The van der Waals surface area contributed by atoms with Crippen molar-refractivity contribution in [3.8, 4) is 10.4 Å². The fourth-order valence-electron chi connectivity index (χ4n) is 1.64. The van der Waals surface area contributed by atoms with Gasteiger partial charge in [-0.25, -0.2) is 4.79 Å². The topological polar surface area (TPSA) is 57.6 Å². The smallest absolute Gasteiger partial charge is 1.00 e. The fraction of sp³-hybridized carbons (Fsp3) is 0.143.